The van der Waals surface area contributed by atoms with E-state index in [0.717, 1.165) is 32.7 Å². The largest absolute Gasteiger partial charge is 0.288 e. The summed E-state index contributed by atoms with van der Waals surface area (Å²) in [7, 11) is 0. The van der Waals surface area contributed by atoms with E-state index in [9.17, 15) is 4.79 Å². The van der Waals surface area contributed by atoms with E-state index in [1.165, 1.54) is 11.3 Å². The number of fused-ring (bicyclic) bond motifs is 3. The molecule has 0 amide bonds. The summed E-state index contributed by atoms with van der Waals surface area (Å²) in [6.45, 7) is 2.52. The van der Waals surface area contributed by atoms with Gasteiger partial charge in [0.25, 0.3) is 5.56 Å². The number of para-hydroxylation sites is 1. The van der Waals surface area contributed by atoms with E-state index in [-0.39, 0.29) is 5.56 Å². The van der Waals surface area contributed by atoms with Gasteiger partial charge in [0.05, 0.1) is 22.3 Å². The van der Waals surface area contributed by atoms with Gasteiger partial charge in [-0.1, -0.05) is 65.7 Å². The highest BCUT2D eigenvalue weighted by Crippen LogP contribution is 2.34. The summed E-state index contributed by atoms with van der Waals surface area (Å²) in [5.74, 6) is 0. The Morgan fingerprint density at radius 3 is 2.60 bits per heavy atom. The molecule has 0 aliphatic rings. The van der Waals surface area contributed by atoms with Crippen molar-refractivity contribution < 1.29 is 0 Å². The number of aromatic nitrogens is 2. The molecule has 0 aliphatic heterocycles. The maximum absolute atomic E-state index is 13.6. The Morgan fingerprint density at radius 2 is 1.80 bits per heavy atom. The van der Waals surface area contributed by atoms with Crippen LogP contribution in [0.15, 0.2) is 77.6 Å². The minimum Gasteiger partial charge on any atom is -0.288 e. The van der Waals surface area contributed by atoms with Gasteiger partial charge >= 0.3 is 0 Å². The van der Waals surface area contributed by atoms with Crippen molar-refractivity contribution in [2.24, 2.45) is 0 Å². The normalized spacial score (nSPS) is 11.4. The highest BCUT2D eigenvalue weighted by molar-refractivity contribution is 7.73. The predicted molar refractivity (Wildman–Crippen MR) is 129 cm³/mol. The second-order valence-electron chi connectivity index (χ2n) is 7.26. The van der Waals surface area contributed by atoms with Crippen molar-refractivity contribution in [1.29, 1.82) is 0 Å². The summed E-state index contributed by atoms with van der Waals surface area (Å²) in [5.41, 5.74) is 4.79. The fourth-order valence-electron chi connectivity index (χ4n) is 3.87. The van der Waals surface area contributed by atoms with Gasteiger partial charge in [0.15, 0.2) is 3.95 Å². The molecule has 5 aromatic rings. The van der Waals surface area contributed by atoms with Crippen LogP contribution in [0, 0.1) is 10.9 Å². The Morgan fingerprint density at radius 1 is 1.00 bits per heavy atom. The molecule has 5 rings (SSSR count). The van der Waals surface area contributed by atoms with E-state index in [0.29, 0.717) is 20.9 Å². The molecular weight excluding hydrogens is 432 g/mol. The number of hydrogen-bond acceptors (Lipinski definition) is 3. The molecule has 0 saturated heterocycles. The SMILES string of the molecule is Cc1cccc(Cn2c(=O)c3ccccc3n3c(=S)sc(-c4cccc(Cl)c4)c23)c1. The van der Waals surface area contributed by atoms with Gasteiger partial charge in [-0.05, 0) is 54.5 Å². The van der Waals surface area contributed by atoms with Crippen molar-refractivity contribution in [3.63, 3.8) is 0 Å². The van der Waals surface area contributed by atoms with Crippen LogP contribution in [-0.2, 0) is 6.54 Å². The standard InChI is InChI=1S/C24H17ClN2OS2/c1-15-6-4-7-16(12-15)14-26-22-21(17-8-5-9-18(25)13-17)30-24(29)27(22)20-11-3-2-10-19(20)23(26)28/h2-13H,14H2,1H3. The van der Waals surface area contributed by atoms with Gasteiger partial charge in [0.2, 0.25) is 0 Å². The molecule has 0 radical (unpaired) electrons. The van der Waals surface area contributed by atoms with E-state index in [1.807, 2.05) is 69.6 Å². The third-order valence-electron chi connectivity index (χ3n) is 5.17. The molecule has 6 heteroatoms. The molecule has 3 nitrogen and oxygen atoms in total. The Kier molecular flexibility index (Phi) is 4.82. The number of rotatable bonds is 3. The van der Waals surface area contributed by atoms with Crippen molar-refractivity contribution in [3.05, 3.63) is 103 Å². The lowest BCUT2D eigenvalue weighted by Crippen LogP contribution is -2.23. The Hall–Kier alpha value is -2.73. The van der Waals surface area contributed by atoms with Gasteiger partial charge in [0.1, 0.15) is 5.65 Å². The van der Waals surface area contributed by atoms with Crippen molar-refractivity contribution in [3.8, 4) is 10.4 Å². The molecule has 30 heavy (non-hydrogen) atoms. The molecule has 3 aromatic carbocycles. The average molecular weight is 449 g/mol. The summed E-state index contributed by atoms with van der Waals surface area (Å²) < 4.78 is 4.55. The highest BCUT2D eigenvalue weighted by Gasteiger charge is 2.18. The molecule has 0 atom stereocenters. The third-order valence-corrected chi connectivity index (χ3v) is 6.82. The quantitative estimate of drug-likeness (QED) is 0.286. The molecule has 2 aromatic heterocycles. The second kappa shape index (κ2) is 7.51. The van der Waals surface area contributed by atoms with Gasteiger partial charge in [0, 0.05) is 5.02 Å². The van der Waals surface area contributed by atoms with E-state index in [1.54, 1.807) is 0 Å². The maximum atomic E-state index is 13.6. The van der Waals surface area contributed by atoms with Gasteiger partial charge in [-0.15, -0.1) is 11.3 Å². The fourth-order valence-corrected chi connectivity index (χ4v) is 5.48. The average Bonchev–Trinajstić information content (AvgIpc) is 3.08. The number of hydrogen-bond donors (Lipinski definition) is 0. The topological polar surface area (TPSA) is 26.4 Å². The second-order valence-corrected chi connectivity index (χ2v) is 9.34. The first-order valence-corrected chi connectivity index (χ1v) is 11.1. The van der Waals surface area contributed by atoms with E-state index < -0.39 is 0 Å². The van der Waals surface area contributed by atoms with Crippen molar-refractivity contribution in [2.45, 2.75) is 13.5 Å². The van der Waals surface area contributed by atoms with Gasteiger partial charge in [-0.2, -0.15) is 0 Å². The monoisotopic (exact) mass is 448 g/mol. The van der Waals surface area contributed by atoms with Crippen LogP contribution in [0.1, 0.15) is 11.1 Å². The van der Waals surface area contributed by atoms with Gasteiger partial charge < -0.3 is 0 Å². The number of halogens is 1. The zero-order valence-electron chi connectivity index (χ0n) is 16.1. The van der Waals surface area contributed by atoms with Crippen LogP contribution < -0.4 is 5.56 Å². The smallest absolute Gasteiger partial charge is 0.261 e. The lowest BCUT2D eigenvalue weighted by molar-refractivity contribution is 0.780. The van der Waals surface area contributed by atoms with Crippen molar-refractivity contribution >= 4 is 51.7 Å². The van der Waals surface area contributed by atoms with Crippen LogP contribution in [0.4, 0.5) is 0 Å². The van der Waals surface area contributed by atoms with Gasteiger partial charge in [-0.25, -0.2) is 0 Å². The molecule has 0 bridgehead atoms. The molecule has 0 spiro atoms. The molecule has 148 valence electrons. The van der Waals surface area contributed by atoms with E-state index in [4.69, 9.17) is 23.8 Å². The van der Waals surface area contributed by atoms with Crippen LogP contribution in [0.2, 0.25) is 5.02 Å². The zero-order chi connectivity index (χ0) is 20.8. The summed E-state index contributed by atoms with van der Waals surface area (Å²) in [5, 5.41) is 1.31. The highest BCUT2D eigenvalue weighted by atomic mass is 35.5. The predicted octanol–water partition coefficient (Wildman–Crippen LogP) is 6.72. The summed E-state index contributed by atoms with van der Waals surface area (Å²) >= 11 is 13.5. The van der Waals surface area contributed by atoms with Crippen LogP contribution in [0.3, 0.4) is 0 Å². The number of aryl methyl sites for hydroxylation is 1. The summed E-state index contributed by atoms with van der Waals surface area (Å²) in [6.07, 6.45) is 0. The first-order chi connectivity index (χ1) is 14.5. The lowest BCUT2D eigenvalue weighted by atomic mass is 10.1. The molecule has 0 fully saturated rings. The van der Waals surface area contributed by atoms with Crippen molar-refractivity contribution in [1.82, 2.24) is 8.97 Å². The lowest BCUT2D eigenvalue weighted by Gasteiger charge is -2.14. The molecular formula is C24H17ClN2OS2. The number of benzene rings is 3. The molecule has 0 aliphatic carbocycles. The molecule has 0 saturated carbocycles. The van der Waals surface area contributed by atoms with Crippen LogP contribution >= 0.6 is 35.2 Å². The Balaban J connectivity index is 1.92. The zero-order valence-corrected chi connectivity index (χ0v) is 18.5. The third kappa shape index (κ3) is 3.19. The minimum absolute atomic E-state index is 0.0248. The molecule has 2 heterocycles. The Bertz CT molecular complexity index is 1540. The van der Waals surface area contributed by atoms with Crippen LogP contribution in [0.25, 0.3) is 27.0 Å². The summed E-state index contributed by atoms with van der Waals surface area (Å²) in [6, 6.07) is 23.5. The fraction of sp³-hybridized carbons (Fsp3) is 0.0833. The van der Waals surface area contributed by atoms with E-state index >= 15 is 0 Å². The first-order valence-electron chi connectivity index (χ1n) is 9.51. The van der Waals surface area contributed by atoms with Gasteiger partial charge in [-0.3, -0.25) is 13.8 Å². The molecule has 0 N–H and O–H groups in total. The van der Waals surface area contributed by atoms with Crippen LogP contribution in [0.5, 0.6) is 0 Å². The van der Waals surface area contributed by atoms with Crippen LogP contribution in [-0.4, -0.2) is 8.97 Å². The molecule has 0 unspecified atom stereocenters. The summed E-state index contributed by atoms with van der Waals surface area (Å²) in [4.78, 5) is 14.5. The number of nitrogens with zero attached hydrogens (tertiary/aromatic N) is 2. The number of thiazole rings is 1. The van der Waals surface area contributed by atoms with Crippen molar-refractivity contribution in [2.75, 3.05) is 0 Å². The van der Waals surface area contributed by atoms with E-state index in [2.05, 4.69) is 19.1 Å². The maximum Gasteiger partial charge on any atom is 0.261 e. The minimum atomic E-state index is -0.0248. The first kappa shape index (κ1) is 19.2. The Labute approximate surface area is 187 Å².